The molecular formula is C12H17N. The molecule has 1 heterocycles. The summed E-state index contributed by atoms with van der Waals surface area (Å²) in [5.74, 6) is 0. The lowest BCUT2D eigenvalue weighted by atomic mass is 9.84. The second kappa shape index (κ2) is 2.85. The summed E-state index contributed by atoms with van der Waals surface area (Å²) in [7, 11) is 0. The van der Waals surface area contributed by atoms with Crippen LogP contribution in [0.25, 0.3) is 0 Å². The molecule has 2 rings (SSSR count). The third-order valence-electron chi connectivity index (χ3n) is 2.90. The van der Waals surface area contributed by atoms with Gasteiger partial charge in [-0.3, -0.25) is 0 Å². The predicted molar refractivity (Wildman–Crippen MR) is 55.9 cm³/mol. The van der Waals surface area contributed by atoms with Crippen LogP contribution in [0.3, 0.4) is 0 Å². The molecule has 1 N–H and O–H groups in total. The van der Waals surface area contributed by atoms with Crippen LogP contribution in [-0.2, 0) is 12.0 Å². The van der Waals surface area contributed by atoms with E-state index in [9.17, 15) is 0 Å². The standard InChI is InChI=1S/C12H17N/c1-9-4-5-11-10(8-9)6-7-13-12(11,2)3/h4-5,8,13H,6-7H2,1-3H3. The van der Waals surface area contributed by atoms with E-state index in [0.717, 1.165) is 6.54 Å². The number of aryl methyl sites for hydroxylation is 1. The van der Waals surface area contributed by atoms with Crippen molar-refractivity contribution in [1.82, 2.24) is 5.32 Å². The molecule has 0 bridgehead atoms. The quantitative estimate of drug-likeness (QED) is 0.638. The van der Waals surface area contributed by atoms with E-state index < -0.39 is 0 Å². The Hall–Kier alpha value is -0.820. The molecule has 0 aromatic heterocycles. The van der Waals surface area contributed by atoms with Crippen molar-refractivity contribution in [1.29, 1.82) is 0 Å². The number of rotatable bonds is 0. The Kier molecular flexibility index (Phi) is 1.92. The Balaban J connectivity index is 2.53. The maximum absolute atomic E-state index is 3.53. The van der Waals surface area contributed by atoms with Crippen molar-refractivity contribution in [2.45, 2.75) is 32.7 Å². The Labute approximate surface area is 80.2 Å². The van der Waals surface area contributed by atoms with Crippen molar-refractivity contribution in [2.24, 2.45) is 0 Å². The van der Waals surface area contributed by atoms with Crippen LogP contribution < -0.4 is 5.32 Å². The first-order valence-corrected chi connectivity index (χ1v) is 4.95. The Morgan fingerprint density at radius 2 is 2.08 bits per heavy atom. The van der Waals surface area contributed by atoms with E-state index in [1.165, 1.54) is 23.1 Å². The van der Waals surface area contributed by atoms with Crippen LogP contribution in [0.2, 0.25) is 0 Å². The summed E-state index contributed by atoms with van der Waals surface area (Å²) in [6.45, 7) is 7.76. The molecule has 1 aliphatic heterocycles. The number of hydrogen-bond donors (Lipinski definition) is 1. The van der Waals surface area contributed by atoms with E-state index in [2.05, 4.69) is 44.3 Å². The molecule has 0 saturated heterocycles. The molecule has 1 nitrogen and oxygen atoms in total. The zero-order chi connectivity index (χ0) is 9.47. The van der Waals surface area contributed by atoms with Gasteiger partial charge in [-0.25, -0.2) is 0 Å². The van der Waals surface area contributed by atoms with Crippen LogP contribution in [0.15, 0.2) is 18.2 Å². The summed E-state index contributed by atoms with van der Waals surface area (Å²) in [6.07, 6.45) is 1.17. The summed E-state index contributed by atoms with van der Waals surface area (Å²) < 4.78 is 0. The third kappa shape index (κ3) is 1.49. The monoisotopic (exact) mass is 175 g/mol. The highest BCUT2D eigenvalue weighted by atomic mass is 15.0. The molecular weight excluding hydrogens is 158 g/mol. The van der Waals surface area contributed by atoms with Gasteiger partial charge in [0.05, 0.1) is 0 Å². The van der Waals surface area contributed by atoms with Crippen molar-refractivity contribution >= 4 is 0 Å². The molecule has 0 atom stereocenters. The van der Waals surface area contributed by atoms with Crippen LogP contribution >= 0.6 is 0 Å². The van der Waals surface area contributed by atoms with Crippen molar-refractivity contribution in [3.8, 4) is 0 Å². The van der Waals surface area contributed by atoms with Crippen LogP contribution in [0, 0.1) is 6.92 Å². The summed E-state index contributed by atoms with van der Waals surface area (Å²) in [5.41, 5.74) is 4.51. The molecule has 0 radical (unpaired) electrons. The highest BCUT2D eigenvalue weighted by molar-refractivity contribution is 5.38. The number of hydrogen-bond acceptors (Lipinski definition) is 1. The molecule has 70 valence electrons. The van der Waals surface area contributed by atoms with Gasteiger partial charge in [-0.1, -0.05) is 23.8 Å². The first kappa shape index (κ1) is 8.76. The lowest BCUT2D eigenvalue weighted by Crippen LogP contribution is -2.42. The summed E-state index contributed by atoms with van der Waals surface area (Å²) >= 11 is 0. The summed E-state index contributed by atoms with van der Waals surface area (Å²) in [5, 5.41) is 3.53. The maximum Gasteiger partial charge on any atom is 0.0380 e. The number of benzene rings is 1. The zero-order valence-electron chi connectivity index (χ0n) is 8.65. The minimum atomic E-state index is 0.154. The largest absolute Gasteiger partial charge is 0.307 e. The van der Waals surface area contributed by atoms with Crippen molar-refractivity contribution in [2.75, 3.05) is 6.54 Å². The average Bonchev–Trinajstić information content (AvgIpc) is 2.02. The van der Waals surface area contributed by atoms with E-state index in [-0.39, 0.29) is 5.54 Å². The van der Waals surface area contributed by atoms with Gasteiger partial charge in [0.15, 0.2) is 0 Å². The molecule has 1 aromatic carbocycles. The minimum absolute atomic E-state index is 0.154. The molecule has 0 aliphatic carbocycles. The van der Waals surface area contributed by atoms with Crippen LogP contribution in [0.5, 0.6) is 0 Å². The van der Waals surface area contributed by atoms with Gasteiger partial charge in [0, 0.05) is 5.54 Å². The molecule has 0 fully saturated rings. The Bertz CT molecular complexity index is 326. The average molecular weight is 175 g/mol. The van der Waals surface area contributed by atoms with Gasteiger partial charge in [0.1, 0.15) is 0 Å². The first-order valence-electron chi connectivity index (χ1n) is 4.95. The van der Waals surface area contributed by atoms with Crippen LogP contribution in [0.4, 0.5) is 0 Å². The van der Waals surface area contributed by atoms with Gasteiger partial charge in [0.2, 0.25) is 0 Å². The highest BCUT2D eigenvalue weighted by Gasteiger charge is 2.25. The van der Waals surface area contributed by atoms with Crippen LogP contribution in [0.1, 0.15) is 30.5 Å². The topological polar surface area (TPSA) is 12.0 Å². The fourth-order valence-electron chi connectivity index (χ4n) is 2.14. The fourth-order valence-corrected chi connectivity index (χ4v) is 2.14. The molecule has 0 unspecified atom stereocenters. The van der Waals surface area contributed by atoms with E-state index in [4.69, 9.17) is 0 Å². The maximum atomic E-state index is 3.53. The van der Waals surface area contributed by atoms with E-state index in [1.54, 1.807) is 0 Å². The Morgan fingerprint density at radius 1 is 1.31 bits per heavy atom. The fraction of sp³-hybridized carbons (Fsp3) is 0.500. The molecule has 0 spiro atoms. The van der Waals surface area contributed by atoms with Gasteiger partial charge >= 0.3 is 0 Å². The van der Waals surface area contributed by atoms with Gasteiger partial charge in [-0.2, -0.15) is 0 Å². The molecule has 1 aromatic rings. The van der Waals surface area contributed by atoms with Crippen molar-refractivity contribution in [3.63, 3.8) is 0 Å². The molecule has 13 heavy (non-hydrogen) atoms. The van der Waals surface area contributed by atoms with E-state index >= 15 is 0 Å². The SMILES string of the molecule is Cc1ccc2c(c1)CCNC2(C)C. The molecule has 1 aliphatic rings. The second-order valence-electron chi connectivity index (χ2n) is 4.46. The van der Waals surface area contributed by atoms with Gasteiger partial charge < -0.3 is 5.32 Å². The lowest BCUT2D eigenvalue weighted by Gasteiger charge is -2.34. The molecule has 0 amide bonds. The van der Waals surface area contributed by atoms with E-state index in [0.29, 0.717) is 0 Å². The minimum Gasteiger partial charge on any atom is -0.307 e. The van der Waals surface area contributed by atoms with Gasteiger partial charge in [0.25, 0.3) is 0 Å². The van der Waals surface area contributed by atoms with Gasteiger partial charge in [-0.15, -0.1) is 0 Å². The van der Waals surface area contributed by atoms with Crippen molar-refractivity contribution in [3.05, 3.63) is 34.9 Å². The molecule has 1 heteroatoms. The smallest absolute Gasteiger partial charge is 0.0380 e. The zero-order valence-corrected chi connectivity index (χ0v) is 8.65. The Morgan fingerprint density at radius 3 is 2.85 bits per heavy atom. The summed E-state index contributed by atoms with van der Waals surface area (Å²) in [4.78, 5) is 0. The lowest BCUT2D eigenvalue weighted by molar-refractivity contribution is 0.382. The molecule has 0 saturated carbocycles. The predicted octanol–water partition coefficient (Wildman–Crippen LogP) is 2.38. The van der Waals surface area contributed by atoms with Crippen LogP contribution in [-0.4, -0.2) is 6.54 Å². The second-order valence-corrected chi connectivity index (χ2v) is 4.46. The first-order chi connectivity index (χ1) is 6.09. The number of nitrogens with one attached hydrogen (secondary N) is 1. The van der Waals surface area contributed by atoms with E-state index in [1.807, 2.05) is 0 Å². The van der Waals surface area contributed by atoms with Gasteiger partial charge in [-0.05, 0) is 44.9 Å². The third-order valence-corrected chi connectivity index (χ3v) is 2.90. The van der Waals surface area contributed by atoms with Crippen molar-refractivity contribution < 1.29 is 0 Å². The normalized spacial score (nSPS) is 19.6. The number of fused-ring (bicyclic) bond motifs is 1. The highest BCUT2D eigenvalue weighted by Crippen LogP contribution is 2.28. The summed E-state index contributed by atoms with van der Waals surface area (Å²) in [6, 6.07) is 6.78.